The lowest BCUT2D eigenvalue weighted by Crippen LogP contribution is -2.18. The standard InChI is InChI=1S/C17H19N5O2/c1-22(11-16-19-17(24-21-16)12-5-4-6-12)10-13-9-15(20-23-13)14-7-2-3-8-18-14/h2-3,7-9,12H,4-6,10-11H2,1H3. The molecule has 124 valence electrons. The van der Waals surface area contributed by atoms with E-state index in [4.69, 9.17) is 9.05 Å². The number of rotatable bonds is 6. The Kier molecular flexibility index (Phi) is 4.08. The van der Waals surface area contributed by atoms with Crippen molar-refractivity contribution in [3.8, 4) is 11.4 Å². The Balaban J connectivity index is 1.36. The van der Waals surface area contributed by atoms with Crippen LogP contribution in [-0.2, 0) is 13.1 Å². The molecule has 0 spiro atoms. The van der Waals surface area contributed by atoms with Crippen molar-refractivity contribution < 1.29 is 9.05 Å². The normalized spacial score (nSPS) is 14.9. The Morgan fingerprint density at radius 1 is 1.12 bits per heavy atom. The zero-order valence-electron chi connectivity index (χ0n) is 13.6. The smallest absolute Gasteiger partial charge is 0.229 e. The van der Waals surface area contributed by atoms with Crippen LogP contribution in [-0.4, -0.2) is 32.2 Å². The third-order valence-electron chi connectivity index (χ3n) is 4.26. The van der Waals surface area contributed by atoms with Crippen LogP contribution in [0.25, 0.3) is 11.4 Å². The van der Waals surface area contributed by atoms with Gasteiger partial charge in [0.25, 0.3) is 0 Å². The van der Waals surface area contributed by atoms with Gasteiger partial charge in [-0.1, -0.05) is 22.8 Å². The first-order valence-electron chi connectivity index (χ1n) is 8.16. The minimum atomic E-state index is 0.465. The third kappa shape index (κ3) is 3.21. The molecule has 0 aliphatic heterocycles. The molecule has 0 unspecified atom stereocenters. The maximum Gasteiger partial charge on any atom is 0.229 e. The highest BCUT2D eigenvalue weighted by Gasteiger charge is 2.25. The molecule has 0 atom stereocenters. The molecule has 0 saturated heterocycles. The average Bonchev–Trinajstić information content (AvgIpc) is 3.16. The number of nitrogens with zero attached hydrogens (tertiary/aromatic N) is 5. The van der Waals surface area contributed by atoms with Gasteiger partial charge in [-0.2, -0.15) is 4.98 Å². The Labute approximate surface area is 139 Å². The summed E-state index contributed by atoms with van der Waals surface area (Å²) in [6, 6.07) is 7.63. The van der Waals surface area contributed by atoms with E-state index >= 15 is 0 Å². The van der Waals surface area contributed by atoms with Gasteiger partial charge >= 0.3 is 0 Å². The Morgan fingerprint density at radius 2 is 2.04 bits per heavy atom. The van der Waals surface area contributed by atoms with E-state index in [1.165, 1.54) is 6.42 Å². The van der Waals surface area contributed by atoms with E-state index in [1.807, 2.05) is 31.3 Å². The number of aromatic nitrogens is 4. The van der Waals surface area contributed by atoms with Crippen LogP contribution in [0.2, 0.25) is 0 Å². The summed E-state index contributed by atoms with van der Waals surface area (Å²) >= 11 is 0. The lowest BCUT2D eigenvalue weighted by Gasteiger charge is -2.20. The number of pyridine rings is 1. The van der Waals surface area contributed by atoms with Crippen molar-refractivity contribution in [2.24, 2.45) is 0 Å². The fourth-order valence-electron chi connectivity index (χ4n) is 2.74. The summed E-state index contributed by atoms with van der Waals surface area (Å²) < 4.78 is 10.8. The molecule has 1 saturated carbocycles. The molecular formula is C17H19N5O2. The molecule has 0 amide bonds. The molecule has 7 heteroatoms. The van der Waals surface area contributed by atoms with Crippen molar-refractivity contribution in [1.82, 2.24) is 25.2 Å². The van der Waals surface area contributed by atoms with Crippen LogP contribution in [0.3, 0.4) is 0 Å². The average molecular weight is 325 g/mol. The van der Waals surface area contributed by atoms with Crippen molar-refractivity contribution in [1.29, 1.82) is 0 Å². The van der Waals surface area contributed by atoms with Crippen molar-refractivity contribution in [3.63, 3.8) is 0 Å². The second-order valence-corrected chi connectivity index (χ2v) is 6.24. The highest BCUT2D eigenvalue weighted by atomic mass is 16.5. The van der Waals surface area contributed by atoms with Gasteiger partial charge in [0, 0.05) is 18.2 Å². The largest absolute Gasteiger partial charge is 0.359 e. The summed E-state index contributed by atoms with van der Waals surface area (Å²) in [5, 5.41) is 8.15. The summed E-state index contributed by atoms with van der Waals surface area (Å²) in [7, 11) is 1.99. The molecule has 24 heavy (non-hydrogen) atoms. The Bertz CT molecular complexity index is 794. The second kappa shape index (κ2) is 6.52. The van der Waals surface area contributed by atoms with E-state index in [-0.39, 0.29) is 0 Å². The van der Waals surface area contributed by atoms with Gasteiger partial charge < -0.3 is 9.05 Å². The van der Waals surface area contributed by atoms with E-state index in [0.717, 1.165) is 35.9 Å². The molecule has 1 fully saturated rings. The van der Waals surface area contributed by atoms with E-state index in [2.05, 4.69) is 25.2 Å². The minimum absolute atomic E-state index is 0.465. The number of hydrogen-bond acceptors (Lipinski definition) is 7. The summed E-state index contributed by atoms with van der Waals surface area (Å²) in [5.74, 6) is 2.73. The molecule has 1 aliphatic rings. The summed E-state index contributed by atoms with van der Waals surface area (Å²) in [4.78, 5) is 10.8. The molecule has 0 bridgehead atoms. The first kappa shape index (κ1) is 15.0. The topological polar surface area (TPSA) is 81.1 Å². The maximum absolute atomic E-state index is 5.40. The van der Waals surface area contributed by atoms with E-state index in [9.17, 15) is 0 Å². The Morgan fingerprint density at radius 3 is 2.79 bits per heavy atom. The summed E-state index contributed by atoms with van der Waals surface area (Å²) in [6.45, 7) is 1.23. The first-order chi connectivity index (χ1) is 11.8. The lowest BCUT2D eigenvalue weighted by atomic mass is 9.85. The van der Waals surface area contributed by atoms with Crippen LogP contribution in [0.15, 0.2) is 39.5 Å². The van der Waals surface area contributed by atoms with Gasteiger partial charge in [-0.25, -0.2) is 0 Å². The molecule has 4 rings (SSSR count). The van der Waals surface area contributed by atoms with Crippen LogP contribution < -0.4 is 0 Å². The van der Waals surface area contributed by atoms with Gasteiger partial charge in [0.15, 0.2) is 11.6 Å². The highest BCUT2D eigenvalue weighted by Crippen LogP contribution is 2.35. The van der Waals surface area contributed by atoms with E-state index < -0.39 is 0 Å². The van der Waals surface area contributed by atoms with Crippen molar-refractivity contribution in [2.45, 2.75) is 38.3 Å². The van der Waals surface area contributed by atoms with Gasteiger partial charge in [0.2, 0.25) is 5.89 Å². The van der Waals surface area contributed by atoms with E-state index in [0.29, 0.717) is 24.8 Å². The predicted molar refractivity (Wildman–Crippen MR) is 85.8 cm³/mol. The van der Waals surface area contributed by atoms with Crippen molar-refractivity contribution in [2.75, 3.05) is 7.05 Å². The Hall–Kier alpha value is -2.54. The fraction of sp³-hybridized carbons (Fsp3) is 0.412. The molecular weight excluding hydrogens is 306 g/mol. The summed E-state index contributed by atoms with van der Waals surface area (Å²) in [6.07, 6.45) is 5.32. The van der Waals surface area contributed by atoms with Crippen LogP contribution in [0.1, 0.15) is 42.7 Å². The molecule has 3 aromatic heterocycles. The van der Waals surface area contributed by atoms with Gasteiger partial charge in [-0.3, -0.25) is 9.88 Å². The van der Waals surface area contributed by atoms with Crippen LogP contribution in [0.5, 0.6) is 0 Å². The lowest BCUT2D eigenvalue weighted by molar-refractivity contribution is 0.255. The third-order valence-corrected chi connectivity index (χ3v) is 4.26. The maximum atomic E-state index is 5.40. The zero-order chi connectivity index (χ0) is 16.4. The van der Waals surface area contributed by atoms with Crippen LogP contribution in [0.4, 0.5) is 0 Å². The van der Waals surface area contributed by atoms with Gasteiger partial charge in [-0.05, 0) is 32.0 Å². The van der Waals surface area contributed by atoms with Crippen LogP contribution in [0, 0.1) is 0 Å². The van der Waals surface area contributed by atoms with Crippen LogP contribution >= 0.6 is 0 Å². The first-order valence-corrected chi connectivity index (χ1v) is 8.16. The van der Waals surface area contributed by atoms with E-state index in [1.54, 1.807) is 6.20 Å². The van der Waals surface area contributed by atoms with Gasteiger partial charge in [0.1, 0.15) is 5.69 Å². The van der Waals surface area contributed by atoms with Crippen molar-refractivity contribution in [3.05, 3.63) is 47.9 Å². The van der Waals surface area contributed by atoms with Gasteiger partial charge in [-0.15, -0.1) is 0 Å². The molecule has 3 heterocycles. The number of hydrogen-bond donors (Lipinski definition) is 0. The minimum Gasteiger partial charge on any atom is -0.359 e. The molecule has 0 aromatic carbocycles. The SMILES string of the molecule is CN(Cc1noc(C2CCC2)n1)Cc1cc(-c2ccccn2)no1. The fourth-order valence-corrected chi connectivity index (χ4v) is 2.74. The molecule has 7 nitrogen and oxygen atoms in total. The molecule has 0 N–H and O–H groups in total. The summed E-state index contributed by atoms with van der Waals surface area (Å²) in [5.41, 5.74) is 1.55. The zero-order valence-corrected chi connectivity index (χ0v) is 13.6. The quantitative estimate of drug-likeness (QED) is 0.689. The monoisotopic (exact) mass is 325 g/mol. The predicted octanol–water partition coefficient (Wildman–Crippen LogP) is 3.02. The second-order valence-electron chi connectivity index (χ2n) is 6.24. The van der Waals surface area contributed by atoms with Gasteiger partial charge in [0.05, 0.1) is 18.8 Å². The van der Waals surface area contributed by atoms with Crippen molar-refractivity contribution >= 4 is 0 Å². The molecule has 1 aliphatic carbocycles. The molecule has 0 radical (unpaired) electrons. The molecule has 3 aromatic rings. The highest BCUT2D eigenvalue weighted by molar-refractivity contribution is 5.52.